The SMILES string of the molecule is O=S(=O)(NC(F)(F)F)n1cccn1. The van der Waals surface area contributed by atoms with Gasteiger partial charge in [-0.15, -0.1) is 4.72 Å². The van der Waals surface area contributed by atoms with Crippen LogP contribution >= 0.6 is 0 Å². The molecule has 0 aliphatic heterocycles. The van der Waals surface area contributed by atoms with Crippen molar-refractivity contribution < 1.29 is 21.6 Å². The van der Waals surface area contributed by atoms with Crippen LogP contribution in [-0.2, 0) is 10.2 Å². The second-order valence-corrected chi connectivity index (χ2v) is 3.51. The summed E-state index contributed by atoms with van der Waals surface area (Å²) in [6.45, 7) is 0. The molecule has 1 heterocycles. The van der Waals surface area contributed by atoms with Crippen LogP contribution in [0.15, 0.2) is 18.5 Å². The molecule has 0 spiro atoms. The summed E-state index contributed by atoms with van der Waals surface area (Å²) < 4.78 is 57.0. The summed E-state index contributed by atoms with van der Waals surface area (Å²) in [6, 6.07) is 1.19. The van der Waals surface area contributed by atoms with E-state index in [-0.39, 0.29) is 4.09 Å². The molecule has 9 heteroatoms. The molecule has 1 N–H and O–H groups in total. The highest BCUT2D eigenvalue weighted by molar-refractivity contribution is 7.87. The summed E-state index contributed by atoms with van der Waals surface area (Å²) in [5, 5.41) is 3.14. The zero-order valence-electron chi connectivity index (χ0n) is 5.99. The maximum atomic E-state index is 11.6. The van der Waals surface area contributed by atoms with Crippen molar-refractivity contribution in [3.8, 4) is 0 Å². The smallest absolute Gasteiger partial charge is 0.187 e. The molecular weight excluding hydrogens is 211 g/mol. The number of rotatable bonds is 2. The maximum Gasteiger partial charge on any atom is 0.472 e. The lowest BCUT2D eigenvalue weighted by Gasteiger charge is -2.08. The van der Waals surface area contributed by atoms with E-state index in [0.29, 0.717) is 4.72 Å². The number of hydrogen-bond acceptors (Lipinski definition) is 3. The summed E-state index contributed by atoms with van der Waals surface area (Å²) in [5.41, 5.74) is 0. The van der Waals surface area contributed by atoms with Crippen molar-refractivity contribution in [2.45, 2.75) is 6.30 Å². The highest BCUT2D eigenvalue weighted by atomic mass is 32.2. The van der Waals surface area contributed by atoms with Gasteiger partial charge >= 0.3 is 16.5 Å². The standard InChI is InChI=1S/C4H4F3N3O2S/c5-4(6,7)9-13(11,12)10-3-1-2-8-10/h1-3,9H. The first-order valence-electron chi connectivity index (χ1n) is 2.92. The van der Waals surface area contributed by atoms with Crippen LogP contribution in [0.5, 0.6) is 0 Å². The first-order valence-corrected chi connectivity index (χ1v) is 4.36. The van der Waals surface area contributed by atoms with E-state index in [2.05, 4.69) is 5.10 Å². The van der Waals surface area contributed by atoms with Gasteiger partial charge in [-0.1, -0.05) is 0 Å². The van der Waals surface area contributed by atoms with Crippen LogP contribution in [0.4, 0.5) is 13.2 Å². The molecule has 0 bridgehead atoms. The molecule has 0 atom stereocenters. The van der Waals surface area contributed by atoms with Crippen LogP contribution in [0.3, 0.4) is 0 Å². The molecule has 0 aromatic carbocycles. The van der Waals surface area contributed by atoms with Crippen molar-refractivity contribution in [1.29, 1.82) is 0 Å². The van der Waals surface area contributed by atoms with E-state index in [9.17, 15) is 21.6 Å². The van der Waals surface area contributed by atoms with Crippen LogP contribution in [0.2, 0.25) is 0 Å². The Morgan fingerprint density at radius 1 is 1.38 bits per heavy atom. The summed E-state index contributed by atoms with van der Waals surface area (Å²) in [7, 11) is -4.64. The molecular formula is C4H4F3N3O2S. The minimum absolute atomic E-state index is 0.181. The topological polar surface area (TPSA) is 64.0 Å². The molecule has 74 valence electrons. The largest absolute Gasteiger partial charge is 0.472 e. The van der Waals surface area contributed by atoms with Gasteiger partial charge in [-0.05, 0) is 6.07 Å². The Labute approximate surface area is 71.3 Å². The maximum absolute atomic E-state index is 11.6. The third kappa shape index (κ3) is 2.70. The Kier molecular flexibility index (Phi) is 2.30. The van der Waals surface area contributed by atoms with E-state index in [1.54, 1.807) is 0 Å². The number of hydrogen-bond donors (Lipinski definition) is 1. The summed E-state index contributed by atoms with van der Waals surface area (Å²) >= 11 is 0. The number of alkyl halides is 3. The number of nitrogens with zero attached hydrogens (tertiary/aromatic N) is 2. The molecule has 0 aliphatic rings. The van der Waals surface area contributed by atoms with Gasteiger partial charge in [-0.25, -0.2) is 0 Å². The minimum atomic E-state index is -5.00. The van der Waals surface area contributed by atoms with Crippen molar-refractivity contribution in [2.75, 3.05) is 0 Å². The van der Waals surface area contributed by atoms with Gasteiger partial charge < -0.3 is 0 Å². The fourth-order valence-electron chi connectivity index (χ4n) is 0.590. The fraction of sp³-hybridized carbons (Fsp3) is 0.250. The predicted octanol–water partition coefficient (Wildman–Crippen LogP) is 0.0854. The molecule has 0 unspecified atom stereocenters. The van der Waals surface area contributed by atoms with Gasteiger partial charge in [0.1, 0.15) is 0 Å². The number of aromatic nitrogens is 2. The second kappa shape index (κ2) is 3.00. The molecule has 0 saturated heterocycles. The van der Waals surface area contributed by atoms with E-state index in [1.165, 1.54) is 6.07 Å². The average Bonchev–Trinajstić information content (AvgIpc) is 2.29. The van der Waals surface area contributed by atoms with Crippen molar-refractivity contribution in [3.63, 3.8) is 0 Å². The van der Waals surface area contributed by atoms with Gasteiger partial charge in [0.2, 0.25) is 0 Å². The molecule has 0 saturated carbocycles. The van der Waals surface area contributed by atoms with Gasteiger partial charge in [0, 0.05) is 6.20 Å². The van der Waals surface area contributed by atoms with Gasteiger partial charge in [0.25, 0.3) is 0 Å². The zero-order chi connectivity index (χ0) is 10.1. The van der Waals surface area contributed by atoms with Crippen molar-refractivity contribution in [2.24, 2.45) is 0 Å². The molecule has 0 amide bonds. The lowest BCUT2D eigenvalue weighted by Crippen LogP contribution is -2.40. The molecule has 1 rings (SSSR count). The monoisotopic (exact) mass is 215 g/mol. The molecule has 13 heavy (non-hydrogen) atoms. The van der Waals surface area contributed by atoms with E-state index >= 15 is 0 Å². The van der Waals surface area contributed by atoms with Crippen LogP contribution in [0.1, 0.15) is 0 Å². The zero-order valence-corrected chi connectivity index (χ0v) is 6.80. The highest BCUT2D eigenvalue weighted by Crippen LogP contribution is 2.11. The summed E-state index contributed by atoms with van der Waals surface area (Å²) in [4.78, 5) is 0. The normalized spacial score (nSPS) is 13.2. The fourth-order valence-corrected chi connectivity index (χ4v) is 1.39. The summed E-state index contributed by atoms with van der Waals surface area (Å²) in [5.74, 6) is 0. The predicted molar refractivity (Wildman–Crippen MR) is 35.7 cm³/mol. The molecule has 1 aromatic heterocycles. The van der Waals surface area contributed by atoms with Crippen molar-refractivity contribution in [3.05, 3.63) is 18.5 Å². The molecule has 0 fully saturated rings. The van der Waals surface area contributed by atoms with E-state index in [0.717, 1.165) is 12.4 Å². The first-order chi connectivity index (χ1) is 5.81. The van der Waals surface area contributed by atoms with Gasteiger partial charge in [0.05, 0.1) is 6.20 Å². The van der Waals surface area contributed by atoms with Crippen molar-refractivity contribution >= 4 is 10.2 Å². The van der Waals surface area contributed by atoms with Crippen LogP contribution in [-0.4, -0.2) is 23.9 Å². The minimum Gasteiger partial charge on any atom is -0.187 e. The van der Waals surface area contributed by atoms with Crippen molar-refractivity contribution in [1.82, 2.24) is 13.9 Å². The highest BCUT2D eigenvalue weighted by Gasteiger charge is 2.34. The molecule has 0 radical (unpaired) electrons. The Morgan fingerprint density at radius 2 is 2.00 bits per heavy atom. The Balaban J connectivity index is 2.93. The number of halogens is 3. The van der Waals surface area contributed by atoms with Crippen LogP contribution in [0, 0.1) is 0 Å². The van der Waals surface area contributed by atoms with E-state index in [4.69, 9.17) is 0 Å². The Hall–Kier alpha value is -1.09. The molecule has 5 nitrogen and oxygen atoms in total. The molecule has 0 aliphatic carbocycles. The van der Waals surface area contributed by atoms with Gasteiger partial charge in [0.15, 0.2) is 0 Å². The van der Waals surface area contributed by atoms with Gasteiger partial charge in [-0.2, -0.15) is 30.8 Å². The average molecular weight is 215 g/mol. The lowest BCUT2D eigenvalue weighted by atomic mass is 10.8. The molecule has 1 aromatic rings. The second-order valence-electron chi connectivity index (χ2n) is 1.98. The van der Waals surface area contributed by atoms with Crippen LogP contribution in [0.25, 0.3) is 0 Å². The third-order valence-electron chi connectivity index (χ3n) is 0.971. The third-order valence-corrected chi connectivity index (χ3v) is 2.17. The van der Waals surface area contributed by atoms with Gasteiger partial charge in [-0.3, -0.25) is 0 Å². The van der Waals surface area contributed by atoms with E-state index in [1.807, 2.05) is 0 Å². The number of nitrogens with one attached hydrogen (secondary N) is 1. The lowest BCUT2D eigenvalue weighted by molar-refractivity contribution is -0.138. The Bertz CT molecular complexity index is 368. The Morgan fingerprint density at radius 3 is 2.38 bits per heavy atom. The summed E-state index contributed by atoms with van der Waals surface area (Å²) in [6.07, 6.45) is -3.06. The quantitative estimate of drug-likeness (QED) is 0.711. The van der Waals surface area contributed by atoms with Crippen LogP contribution < -0.4 is 4.72 Å². The van der Waals surface area contributed by atoms with E-state index < -0.39 is 16.5 Å². The first kappa shape index (κ1) is 9.99.